The van der Waals surface area contributed by atoms with E-state index in [-0.39, 0.29) is 29.2 Å². The quantitative estimate of drug-likeness (QED) is 0.259. The zero-order valence-corrected chi connectivity index (χ0v) is 23.7. The largest absolute Gasteiger partial charge is 0.308 e. The van der Waals surface area contributed by atoms with Crippen LogP contribution in [0.2, 0.25) is 0 Å². The highest BCUT2D eigenvalue weighted by atomic mass is 32.3. The number of rotatable bonds is 6. The Kier molecular flexibility index (Phi) is 6.09. The molecule has 4 N–H and O–H groups in total. The van der Waals surface area contributed by atoms with Gasteiger partial charge in [0.2, 0.25) is 0 Å². The third-order valence-electron chi connectivity index (χ3n) is 10.5. The minimum atomic E-state index is -4.32. The van der Waals surface area contributed by atoms with Crippen molar-refractivity contribution in [3.63, 3.8) is 0 Å². The average Bonchev–Trinajstić information content (AvgIpc) is 3.27. The summed E-state index contributed by atoms with van der Waals surface area (Å²) in [5.41, 5.74) is -0.424. The van der Waals surface area contributed by atoms with E-state index >= 15 is 0 Å². The molecular weight excluding hydrogens is 528 g/mol. The van der Waals surface area contributed by atoms with E-state index < -0.39 is 48.4 Å². The summed E-state index contributed by atoms with van der Waals surface area (Å²) >= 11 is 0. The van der Waals surface area contributed by atoms with Crippen molar-refractivity contribution in [3.8, 4) is 0 Å². The molecule has 38 heavy (non-hydrogen) atoms. The SMILES string of the molecule is CC1(C)C2CCC1(CS(O)(O)O)C(=O)C2=Cc1ccc(C=C2C(=O)C3(CS(=O)(=O)O)CCC2C3(C)C)cc1. The Balaban J connectivity index is 1.43. The van der Waals surface area contributed by atoms with Gasteiger partial charge in [0.1, 0.15) is 0 Å². The van der Waals surface area contributed by atoms with Gasteiger partial charge in [0.15, 0.2) is 11.6 Å². The first-order valence-electron chi connectivity index (χ1n) is 12.9. The molecule has 0 amide bonds. The van der Waals surface area contributed by atoms with E-state index in [2.05, 4.69) is 0 Å². The molecule has 4 fully saturated rings. The number of carbonyl (C=O) groups excluding carboxylic acids is 2. The lowest BCUT2D eigenvalue weighted by Crippen LogP contribution is -2.42. The van der Waals surface area contributed by atoms with Crippen LogP contribution in [-0.2, 0) is 19.7 Å². The molecule has 0 radical (unpaired) electrons. The molecule has 8 nitrogen and oxygen atoms in total. The second-order valence-corrected chi connectivity index (χ2v) is 15.8. The second-order valence-electron chi connectivity index (χ2n) is 12.8. The van der Waals surface area contributed by atoms with Crippen LogP contribution >= 0.6 is 10.9 Å². The fourth-order valence-corrected chi connectivity index (χ4v) is 10.8. The zero-order valence-electron chi connectivity index (χ0n) is 22.1. The second kappa shape index (κ2) is 8.34. The Labute approximate surface area is 225 Å². The molecule has 208 valence electrons. The standard InChI is InChI=1S/C28H36O8S2/c1-25(2)21-9-11-27(25,15-37(31,32)33)23(29)19(21)13-17-5-7-18(8-6-17)14-20-22-10-12-28(24(20)30,26(22,3)4)16-38(34,35)36/h5-8,13-14,21-22,31-33H,9-12,15-16H2,1-4H3,(H,34,35,36). The van der Waals surface area contributed by atoms with Crippen molar-refractivity contribution in [2.45, 2.75) is 53.4 Å². The molecule has 0 heterocycles. The lowest BCUT2D eigenvalue weighted by Gasteiger charge is -2.39. The van der Waals surface area contributed by atoms with Gasteiger partial charge in [-0.2, -0.15) is 8.42 Å². The van der Waals surface area contributed by atoms with E-state index in [1.54, 1.807) is 0 Å². The van der Waals surface area contributed by atoms with Crippen LogP contribution in [0.25, 0.3) is 12.2 Å². The highest BCUT2D eigenvalue weighted by Gasteiger charge is 2.68. The highest BCUT2D eigenvalue weighted by molar-refractivity contribution is 8.19. The maximum atomic E-state index is 13.5. The Bertz CT molecular complexity index is 1380. The molecule has 5 rings (SSSR count). The Morgan fingerprint density at radius 1 is 0.737 bits per heavy atom. The summed E-state index contributed by atoms with van der Waals surface area (Å²) in [7, 11) is -8.15. The lowest BCUT2D eigenvalue weighted by molar-refractivity contribution is -0.126. The lowest BCUT2D eigenvalue weighted by atomic mass is 9.70. The number of allylic oxidation sites excluding steroid dienone is 2. The maximum Gasteiger partial charge on any atom is 0.265 e. The predicted molar refractivity (Wildman–Crippen MR) is 147 cm³/mol. The van der Waals surface area contributed by atoms with Gasteiger partial charge in [0.05, 0.1) is 33.2 Å². The van der Waals surface area contributed by atoms with Crippen molar-refractivity contribution >= 4 is 44.7 Å². The van der Waals surface area contributed by atoms with Gasteiger partial charge in [0, 0.05) is 11.1 Å². The van der Waals surface area contributed by atoms with Crippen LogP contribution in [-0.4, -0.2) is 49.7 Å². The van der Waals surface area contributed by atoms with E-state index in [4.69, 9.17) is 0 Å². The van der Waals surface area contributed by atoms with Crippen molar-refractivity contribution in [2.24, 2.45) is 33.5 Å². The van der Waals surface area contributed by atoms with Crippen molar-refractivity contribution in [1.82, 2.24) is 0 Å². The first-order chi connectivity index (χ1) is 17.3. The van der Waals surface area contributed by atoms with Crippen LogP contribution in [0.5, 0.6) is 0 Å². The van der Waals surface area contributed by atoms with Crippen LogP contribution in [0.1, 0.15) is 64.5 Å². The molecule has 4 atom stereocenters. The summed E-state index contributed by atoms with van der Waals surface area (Å²) in [5.74, 6) is -1.41. The molecule has 0 aromatic heterocycles. The van der Waals surface area contributed by atoms with Gasteiger partial charge in [-0.25, -0.2) is 0 Å². The van der Waals surface area contributed by atoms with E-state index in [0.29, 0.717) is 30.4 Å². The van der Waals surface area contributed by atoms with Gasteiger partial charge >= 0.3 is 0 Å². The van der Waals surface area contributed by atoms with Gasteiger partial charge in [-0.15, -0.1) is 0 Å². The highest BCUT2D eigenvalue weighted by Crippen LogP contribution is 2.69. The number of ketones is 2. The van der Waals surface area contributed by atoms with E-state index in [1.807, 2.05) is 64.1 Å². The Morgan fingerprint density at radius 2 is 1.11 bits per heavy atom. The average molecular weight is 565 g/mol. The molecule has 4 aliphatic rings. The topological polar surface area (TPSA) is 149 Å². The van der Waals surface area contributed by atoms with Crippen LogP contribution in [0.15, 0.2) is 35.4 Å². The summed E-state index contributed by atoms with van der Waals surface area (Å²) in [4.78, 5) is 26.9. The smallest absolute Gasteiger partial charge is 0.265 e. The fraction of sp³-hybridized carbons (Fsp3) is 0.571. The number of carbonyl (C=O) groups is 2. The van der Waals surface area contributed by atoms with E-state index in [0.717, 1.165) is 17.5 Å². The van der Waals surface area contributed by atoms with E-state index in [9.17, 15) is 36.2 Å². The molecule has 4 aliphatic carbocycles. The number of hydrogen-bond acceptors (Lipinski definition) is 7. The summed E-state index contributed by atoms with van der Waals surface area (Å²) in [5, 5.41) is 0. The summed E-state index contributed by atoms with van der Waals surface area (Å²) in [6.45, 7) is 7.71. The van der Waals surface area contributed by atoms with Crippen LogP contribution in [0.3, 0.4) is 0 Å². The fourth-order valence-electron chi connectivity index (χ4n) is 8.25. The molecule has 0 saturated heterocycles. The molecule has 0 spiro atoms. The first kappa shape index (κ1) is 27.7. The minimum Gasteiger partial charge on any atom is -0.308 e. The molecule has 4 bridgehead atoms. The number of fused-ring (bicyclic) bond motifs is 4. The zero-order chi connectivity index (χ0) is 28.1. The Hall–Kier alpha value is -1.82. The van der Waals surface area contributed by atoms with Crippen LogP contribution in [0.4, 0.5) is 0 Å². The summed E-state index contributed by atoms with van der Waals surface area (Å²) in [6, 6.07) is 7.41. The normalized spacial score (nSPS) is 36.1. The van der Waals surface area contributed by atoms with Gasteiger partial charge in [0.25, 0.3) is 10.1 Å². The molecule has 4 unspecified atom stereocenters. The molecule has 10 heteroatoms. The van der Waals surface area contributed by atoms with Gasteiger partial charge < -0.3 is 13.7 Å². The molecule has 0 aliphatic heterocycles. The predicted octanol–water partition coefficient (Wildman–Crippen LogP) is 5.58. The van der Waals surface area contributed by atoms with Gasteiger partial charge in [-0.05, 0) is 71.6 Å². The first-order valence-corrected chi connectivity index (χ1v) is 16.2. The van der Waals surface area contributed by atoms with Crippen LogP contribution in [0, 0.1) is 33.5 Å². The number of hydrogen-bond donors (Lipinski definition) is 4. The molecular formula is C28H36O8S2. The number of Topliss-reactive ketones (excluding diaryl/α,β-unsaturated/α-hetero) is 2. The summed E-state index contributed by atoms with van der Waals surface area (Å²) < 4.78 is 62.4. The van der Waals surface area contributed by atoms with E-state index in [1.165, 1.54) is 0 Å². The third-order valence-corrected chi connectivity index (χ3v) is 12.3. The molecule has 1 aromatic rings. The van der Waals surface area contributed by atoms with Crippen LogP contribution < -0.4 is 0 Å². The van der Waals surface area contributed by atoms with Crippen molar-refractivity contribution < 1.29 is 36.2 Å². The minimum absolute atomic E-state index is 0.0496. The van der Waals surface area contributed by atoms with Crippen molar-refractivity contribution in [2.75, 3.05) is 11.5 Å². The monoisotopic (exact) mass is 564 g/mol. The van der Waals surface area contributed by atoms with Gasteiger partial charge in [-0.3, -0.25) is 14.1 Å². The maximum absolute atomic E-state index is 13.5. The van der Waals surface area contributed by atoms with Crippen molar-refractivity contribution in [1.29, 1.82) is 0 Å². The Morgan fingerprint density at radius 3 is 1.45 bits per heavy atom. The van der Waals surface area contributed by atoms with Crippen molar-refractivity contribution in [3.05, 3.63) is 46.5 Å². The molecule has 1 aromatic carbocycles. The number of benzene rings is 1. The van der Waals surface area contributed by atoms with Gasteiger partial charge in [-0.1, -0.05) is 52.0 Å². The third kappa shape index (κ3) is 3.90. The summed E-state index contributed by atoms with van der Waals surface area (Å²) in [6.07, 6.45) is 6.00. The molecule has 4 saturated carbocycles.